The molecule has 1 aliphatic heterocycles. The molecular weight excluding hydrogens is 186 g/mol. The Kier molecular flexibility index (Phi) is 3.44. The Morgan fingerprint density at radius 3 is 2.85 bits per heavy atom. The van der Waals surface area contributed by atoms with E-state index in [-0.39, 0.29) is 10.8 Å². The van der Waals surface area contributed by atoms with Gasteiger partial charge in [0.05, 0.1) is 0 Å². The van der Waals surface area contributed by atoms with Crippen molar-refractivity contribution in [2.75, 3.05) is 18.8 Å². The highest BCUT2D eigenvalue weighted by molar-refractivity contribution is 8.00. The van der Waals surface area contributed by atoms with Crippen LogP contribution in [0, 0.1) is 0 Å². The minimum absolute atomic E-state index is 0.168. The number of hydrogen-bond donors (Lipinski definition) is 2. The zero-order chi connectivity index (χ0) is 9.90. The summed E-state index contributed by atoms with van der Waals surface area (Å²) in [6.45, 7) is 6.00. The molecule has 76 valence electrons. The van der Waals surface area contributed by atoms with Crippen LogP contribution in [0.3, 0.4) is 0 Å². The second-order valence-corrected chi connectivity index (χ2v) is 5.60. The Morgan fingerprint density at radius 1 is 1.54 bits per heavy atom. The van der Waals surface area contributed by atoms with Gasteiger partial charge in [0.15, 0.2) is 0 Å². The van der Waals surface area contributed by atoms with Crippen molar-refractivity contribution in [3.8, 4) is 0 Å². The van der Waals surface area contributed by atoms with E-state index in [2.05, 4.69) is 19.3 Å². The van der Waals surface area contributed by atoms with Gasteiger partial charge in [0, 0.05) is 23.6 Å². The molecule has 4 nitrogen and oxygen atoms in total. The summed E-state index contributed by atoms with van der Waals surface area (Å²) < 4.78 is 0.281. The molecule has 0 saturated carbocycles. The van der Waals surface area contributed by atoms with E-state index >= 15 is 0 Å². The highest BCUT2D eigenvalue weighted by Gasteiger charge is 2.25. The lowest BCUT2D eigenvalue weighted by molar-refractivity contribution is 0.200. The molecule has 0 bridgehead atoms. The molecule has 1 fully saturated rings. The highest BCUT2D eigenvalue weighted by atomic mass is 32.2. The van der Waals surface area contributed by atoms with E-state index in [1.165, 1.54) is 0 Å². The summed E-state index contributed by atoms with van der Waals surface area (Å²) in [5, 5.41) is 0. The summed E-state index contributed by atoms with van der Waals surface area (Å²) in [5.41, 5.74) is 2.17. The fraction of sp³-hybridized carbons (Fsp3) is 0.875. The number of hydrazine groups is 1. The second kappa shape index (κ2) is 4.19. The number of carbonyl (C=O) groups excluding carboxylic acids is 1. The first kappa shape index (κ1) is 10.7. The van der Waals surface area contributed by atoms with Crippen LogP contribution in [-0.4, -0.2) is 34.5 Å². The summed E-state index contributed by atoms with van der Waals surface area (Å²) in [4.78, 5) is 13.0. The standard InChI is InChI=1S/C8H17N3OS/c1-8(2)3-4-11(5-6-13-8)7(12)10-9/h3-6,9H2,1-2H3,(H,10,12). The first-order chi connectivity index (χ1) is 6.05. The van der Waals surface area contributed by atoms with E-state index < -0.39 is 0 Å². The molecule has 2 amide bonds. The average Bonchev–Trinajstić information content (AvgIpc) is 2.25. The maximum absolute atomic E-state index is 11.2. The quantitative estimate of drug-likeness (QED) is 0.347. The first-order valence-corrected chi connectivity index (χ1v) is 5.43. The average molecular weight is 203 g/mol. The molecule has 5 heteroatoms. The van der Waals surface area contributed by atoms with Crippen LogP contribution in [0.2, 0.25) is 0 Å². The Morgan fingerprint density at radius 2 is 2.23 bits per heavy atom. The fourth-order valence-corrected chi connectivity index (χ4v) is 2.41. The number of rotatable bonds is 0. The molecule has 3 N–H and O–H groups in total. The molecule has 0 aromatic rings. The van der Waals surface area contributed by atoms with Crippen molar-refractivity contribution in [3.05, 3.63) is 0 Å². The molecule has 1 aliphatic rings. The van der Waals surface area contributed by atoms with Crippen LogP contribution in [0.15, 0.2) is 0 Å². The van der Waals surface area contributed by atoms with Crippen LogP contribution in [0.4, 0.5) is 4.79 Å². The third kappa shape index (κ3) is 3.08. The zero-order valence-electron chi connectivity index (χ0n) is 8.17. The molecule has 0 unspecified atom stereocenters. The van der Waals surface area contributed by atoms with Crippen molar-refractivity contribution in [3.63, 3.8) is 0 Å². The van der Waals surface area contributed by atoms with Gasteiger partial charge in [0.1, 0.15) is 0 Å². The van der Waals surface area contributed by atoms with Crippen LogP contribution >= 0.6 is 11.8 Å². The van der Waals surface area contributed by atoms with Crippen LogP contribution < -0.4 is 11.3 Å². The number of urea groups is 1. The molecule has 1 heterocycles. The smallest absolute Gasteiger partial charge is 0.323 e. The Balaban J connectivity index is 2.49. The van der Waals surface area contributed by atoms with Gasteiger partial charge in [-0.1, -0.05) is 13.8 Å². The van der Waals surface area contributed by atoms with Gasteiger partial charge in [0.25, 0.3) is 0 Å². The number of amides is 2. The lowest BCUT2D eigenvalue weighted by Gasteiger charge is -2.22. The Bertz CT molecular complexity index is 196. The molecular formula is C8H17N3OS. The lowest BCUT2D eigenvalue weighted by atomic mass is 10.1. The molecule has 13 heavy (non-hydrogen) atoms. The van der Waals surface area contributed by atoms with Gasteiger partial charge in [-0.3, -0.25) is 5.43 Å². The number of carbonyl (C=O) groups is 1. The predicted molar refractivity (Wildman–Crippen MR) is 55.4 cm³/mol. The van der Waals surface area contributed by atoms with Crippen molar-refractivity contribution in [2.45, 2.75) is 25.0 Å². The van der Waals surface area contributed by atoms with Gasteiger partial charge in [-0.2, -0.15) is 11.8 Å². The van der Waals surface area contributed by atoms with E-state index in [0.717, 1.165) is 25.3 Å². The van der Waals surface area contributed by atoms with Crippen molar-refractivity contribution in [1.29, 1.82) is 0 Å². The van der Waals surface area contributed by atoms with E-state index in [1.54, 1.807) is 4.90 Å². The normalized spacial score (nSPS) is 22.2. The van der Waals surface area contributed by atoms with Crippen LogP contribution in [0.25, 0.3) is 0 Å². The third-order valence-corrected chi connectivity index (χ3v) is 3.62. The monoisotopic (exact) mass is 203 g/mol. The number of hydrogen-bond acceptors (Lipinski definition) is 3. The lowest BCUT2D eigenvalue weighted by Crippen LogP contribution is -2.44. The molecule has 1 saturated heterocycles. The van der Waals surface area contributed by atoms with Crippen LogP contribution in [0.5, 0.6) is 0 Å². The molecule has 0 spiro atoms. The Hall–Kier alpha value is -0.420. The van der Waals surface area contributed by atoms with Crippen LogP contribution in [-0.2, 0) is 0 Å². The summed E-state index contributed by atoms with van der Waals surface area (Å²) >= 11 is 1.91. The number of nitrogens with one attached hydrogen (secondary N) is 1. The fourth-order valence-electron chi connectivity index (χ4n) is 1.31. The van der Waals surface area contributed by atoms with Crippen molar-refractivity contribution < 1.29 is 4.79 Å². The molecule has 1 rings (SSSR count). The summed E-state index contributed by atoms with van der Waals surface area (Å²) in [6, 6.07) is -0.168. The van der Waals surface area contributed by atoms with Crippen molar-refractivity contribution in [1.82, 2.24) is 10.3 Å². The summed E-state index contributed by atoms with van der Waals surface area (Å²) in [6.07, 6.45) is 1.02. The zero-order valence-corrected chi connectivity index (χ0v) is 8.99. The largest absolute Gasteiger partial charge is 0.331 e. The molecule has 0 aliphatic carbocycles. The summed E-state index contributed by atoms with van der Waals surface area (Å²) in [7, 11) is 0. The van der Waals surface area contributed by atoms with E-state index in [1.807, 2.05) is 11.8 Å². The van der Waals surface area contributed by atoms with E-state index in [4.69, 9.17) is 5.84 Å². The van der Waals surface area contributed by atoms with Gasteiger partial charge in [-0.25, -0.2) is 10.6 Å². The minimum atomic E-state index is -0.168. The summed E-state index contributed by atoms with van der Waals surface area (Å²) in [5.74, 6) is 6.06. The molecule has 0 radical (unpaired) electrons. The third-order valence-electron chi connectivity index (χ3n) is 2.25. The van der Waals surface area contributed by atoms with E-state index in [0.29, 0.717) is 0 Å². The first-order valence-electron chi connectivity index (χ1n) is 4.45. The van der Waals surface area contributed by atoms with Gasteiger partial charge in [-0.15, -0.1) is 0 Å². The SMILES string of the molecule is CC1(C)CCN(C(=O)NN)CCS1. The molecule has 0 aromatic carbocycles. The topological polar surface area (TPSA) is 58.4 Å². The second-order valence-electron chi connectivity index (χ2n) is 3.79. The maximum atomic E-state index is 11.2. The minimum Gasteiger partial charge on any atom is -0.323 e. The van der Waals surface area contributed by atoms with Crippen LogP contribution in [0.1, 0.15) is 20.3 Å². The number of nitrogens with two attached hydrogens (primary N) is 1. The van der Waals surface area contributed by atoms with Gasteiger partial charge in [-0.05, 0) is 6.42 Å². The van der Waals surface area contributed by atoms with Gasteiger partial charge < -0.3 is 4.90 Å². The molecule has 0 atom stereocenters. The van der Waals surface area contributed by atoms with E-state index in [9.17, 15) is 4.79 Å². The number of thioether (sulfide) groups is 1. The predicted octanol–water partition coefficient (Wildman–Crippen LogP) is 0.787. The number of nitrogens with zero attached hydrogens (tertiary/aromatic N) is 1. The Labute approximate surface area is 83.2 Å². The van der Waals surface area contributed by atoms with Gasteiger partial charge in [0.2, 0.25) is 0 Å². The molecule has 0 aromatic heterocycles. The van der Waals surface area contributed by atoms with Crippen molar-refractivity contribution >= 4 is 17.8 Å². The van der Waals surface area contributed by atoms with Crippen molar-refractivity contribution in [2.24, 2.45) is 5.84 Å². The van der Waals surface area contributed by atoms with Gasteiger partial charge >= 0.3 is 6.03 Å². The maximum Gasteiger partial charge on any atom is 0.331 e. The highest BCUT2D eigenvalue weighted by Crippen LogP contribution is 2.30.